The second kappa shape index (κ2) is 6.47. The summed E-state index contributed by atoms with van der Waals surface area (Å²) in [6.07, 6.45) is 0.0549. The summed E-state index contributed by atoms with van der Waals surface area (Å²) in [5.41, 5.74) is 1.44. The second-order valence-corrected chi connectivity index (χ2v) is 5.18. The molecule has 2 rings (SSSR count). The fourth-order valence-electron chi connectivity index (χ4n) is 2.24. The van der Waals surface area contributed by atoms with E-state index in [4.69, 9.17) is 4.74 Å². The molecule has 0 aliphatic carbocycles. The molecule has 1 aliphatic heterocycles. The van der Waals surface area contributed by atoms with Crippen LogP contribution in [0.2, 0.25) is 0 Å². The Morgan fingerprint density at radius 1 is 1.43 bits per heavy atom. The number of likely N-dealkylation sites (N-methyl/N-ethyl adjacent to an activating group) is 1. The third-order valence-electron chi connectivity index (χ3n) is 3.59. The van der Waals surface area contributed by atoms with Crippen LogP contribution in [0.5, 0.6) is 0 Å². The number of hydrogen-bond acceptors (Lipinski definition) is 6. The van der Waals surface area contributed by atoms with Crippen molar-refractivity contribution in [3.8, 4) is 0 Å². The van der Waals surface area contributed by atoms with E-state index in [0.717, 1.165) is 5.56 Å². The molecule has 1 N–H and O–H groups in total. The van der Waals surface area contributed by atoms with Crippen LogP contribution in [-0.4, -0.2) is 40.0 Å². The van der Waals surface area contributed by atoms with Gasteiger partial charge in [-0.2, -0.15) is 0 Å². The Kier molecular flexibility index (Phi) is 4.63. The molecule has 0 aromatic heterocycles. The second-order valence-electron chi connectivity index (χ2n) is 5.18. The van der Waals surface area contributed by atoms with E-state index in [0.29, 0.717) is 12.1 Å². The van der Waals surface area contributed by atoms with E-state index in [9.17, 15) is 20.0 Å². The SMILES string of the molecule is CC(=O)OC1=C(C)N(C)C(Cc2ccc([N+](=O)[O-])cc2)N=C1O. The lowest BCUT2D eigenvalue weighted by atomic mass is 10.1. The predicted octanol–water partition coefficient (Wildman–Crippen LogP) is 2.16. The van der Waals surface area contributed by atoms with E-state index < -0.39 is 17.1 Å². The van der Waals surface area contributed by atoms with Gasteiger partial charge in [-0.25, -0.2) is 4.99 Å². The highest BCUT2D eigenvalue weighted by atomic mass is 16.6. The van der Waals surface area contributed by atoms with E-state index in [2.05, 4.69) is 4.99 Å². The summed E-state index contributed by atoms with van der Waals surface area (Å²) in [6.45, 7) is 2.96. The van der Waals surface area contributed by atoms with Gasteiger partial charge in [0.05, 0.1) is 10.6 Å². The molecule has 1 heterocycles. The van der Waals surface area contributed by atoms with Crippen molar-refractivity contribution in [1.82, 2.24) is 4.90 Å². The number of ether oxygens (including phenoxy) is 1. The molecule has 1 atom stereocenters. The Morgan fingerprint density at radius 3 is 2.57 bits per heavy atom. The first kappa shape index (κ1) is 16.5. The van der Waals surface area contributed by atoms with Gasteiger partial charge in [-0.05, 0) is 12.5 Å². The minimum Gasteiger partial charge on any atom is -0.491 e. The Labute approximate surface area is 132 Å². The molecule has 0 radical (unpaired) electrons. The predicted molar refractivity (Wildman–Crippen MR) is 82.9 cm³/mol. The molecule has 1 aliphatic rings. The van der Waals surface area contributed by atoms with Gasteiger partial charge in [-0.15, -0.1) is 0 Å². The zero-order valence-corrected chi connectivity index (χ0v) is 13.0. The van der Waals surface area contributed by atoms with Crippen molar-refractivity contribution in [1.29, 1.82) is 0 Å². The summed E-state index contributed by atoms with van der Waals surface area (Å²) in [6, 6.07) is 6.15. The molecule has 122 valence electrons. The first-order valence-corrected chi connectivity index (χ1v) is 6.92. The number of esters is 1. The molecular weight excluding hydrogens is 302 g/mol. The van der Waals surface area contributed by atoms with E-state index in [1.165, 1.54) is 19.1 Å². The van der Waals surface area contributed by atoms with Crippen LogP contribution >= 0.6 is 0 Å². The van der Waals surface area contributed by atoms with Crippen LogP contribution in [-0.2, 0) is 16.0 Å². The Hall–Kier alpha value is -2.90. The summed E-state index contributed by atoms with van der Waals surface area (Å²) >= 11 is 0. The number of carbonyl (C=O) groups excluding carboxylic acids is 1. The van der Waals surface area contributed by atoms with Gasteiger partial charge in [-0.1, -0.05) is 12.1 Å². The first-order chi connectivity index (χ1) is 10.8. The summed E-state index contributed by atoms with van der Waals surface area (Å²) in [5.74, 6) is -0.828. The van der Waals surface area contributed by atoms with E-state index in [1.54, 1.807) is 31.0 Å². The first-order valence-electron chi connectivity index (χ1n) is 6.92. The fraction of sp³-hybridized carbons (Fsp3) is 0.333. The number of aliphatic hydroxyl groups excluding tert-OH is 1. The molecule has 0 amide bonds. The maximum atomic E-state index is 11.1. The highest BCUT2D eigenvalue weighted by Crippen LogP contribution is 2.23. The highest BCUT2D eigenvalue weighted by Gasteiger charge is 2.28. The fourth-order valence-corrected chi connectivity index (χ4v) is 2.24. The van der Waals surface area contributed by atoms with Crippen LogP contribution in [0, 0.1) is 10.1 Å². The van der Waals surface area contributed by atoms with Crippen LogP contribution in [0.1, 0.15) is 19.4 Å². The van der Waals surface area contributed by atoms with E-state index in [1.807, 2.05) is 0 Å². The molecule has 8 nitrogen and oxygen atoms in total. The molecular formula is C15H17N3O5. The summed E-state index contributed by atoms with van der Waals surface area (Å²) in [5, 5.41) is 20.6. The molecule has 1 unspecified atom stereocenters. The van der Waals surface area contributed by atoms with Crippen molar-refractivity contribution in [2.75, 3.05) is 7.05 Å². The number of nitro benzene ring substituents is 1. The van der Waals surface area contributed by atoms with Crippen molar-refractivity contribution >= 4 is 17.6 Å². The van der Waals surface area contributed by atoms with Gasteiger partial charge in [0.25, 0.3) is 11.6 Å². The van der Waals surface area contributed by atoms with Gasteiger partial charge in [0.2, 0.25) is 5.76 Å². The normalized spacial score (nSPS) is 17.8. The standard InChI is InChI=1S/C15H17N3O5/c1-9-14(23-10(2)19)15(20)16-13(17(9)3)8-11-4-6-12(7-5-11)18(21)22/h4-7,13H,8H2,1-3H3,(H,16,20). The quantitative estimate of drug-likeness (QED) is 0.518. The zero-order chi connectivity index (χ0) is 17.1. The van der Waals surface area contributed by atoms with Crippen molar-refractivity contribution in [3.05, 3.63) is 51.4 Å². The Morgan fingerprint density at radius 2 is 2.04 bits per heavy atom. The van der Waals surface area contributed by atoms with Gasteiger partial charge in [0.1, 0.15) is 6.17 Å². The van der Waals surface area contributed by atoms with Crippen LogP contribution in [0.15, 0.2) is 40.7 Å². The van der Waals surface area contributed by atoms with Crippen LogP contribution in [0.4, 0.5) is 5.69 Å². The van der Waals surface area contributed by atoms with Crippen molar-refractivity contribution in [2.24, 2.45) is 4.99 Å². The van der Waals surface area contributed by atoms with Crippen LogP contribution < -0.4 is 0 Å². The summed E-state index contributed by atoms with van der Waals surface area (Å²) in [4.78, 5) is 27.2. The topological polar surface area (TPSA) is 105 Å². The number of nitro groups is 1. The molecule has 0 fully saturated rings. The van der Waals surface area contributed by atoms with Gasteiger partial charge < -0.3 is 14.7 Å². The lowest BCUT2D eigenvalue weighted by Crippen LogP contribution is -2.37. The third kappa shape index (κ3) is 3.65. The van der Waals surface area contributed by atoms with Crippen LogP contribution in [0.25, 0.3) is 0 Å². The number of aliphatic hydroxyl groups is 1. The average molecular weight is 319 g/mol. The number of benzene rings is 1. The number of non-ortho nitro benzene ring substituents is 1. The lowest BCUT2D eigenvalue weighted by molar-refractivity contribution is -0.384. The Bertz CT molecular complexity index is 694. The number of aliphatic imine (C=N–C) groups is 1. The molecule has 1 aromatic carbocycles. The minimum absolute atomic E-state index is 0.0188. The van der Waals surface area contributed by atoms with Gasteiger partial charge >= 0.3 is 5.97 Å². The van der Waals surface area contributed by atoms with E-state index >= 15 is 0 Å². The Balaban J connectivity index is 2.18. The van der Waals surface area contributed by atoms with Gasteiger partial charge in [0.15, 0.2) is 0 Å². The van der Waals surface area contributed by atoms with Crippen molar-refractivity contribution in [2.45, 2.75) is 26.4 Å². The average Bonchev–Trinajstić information content (AvgIpc) is 2.49. The molecule has 8 heteroatoms. The van der Waals surface area contributed by atoms with Crippen molar-refractivity contribution < 1.29 is 19.6 Å². The molecule has 0 spiro atoms. The summed E-state index contributed by atoms with van der Waals surface area (Å²) in [7, 11) is 1.77. The molecule has 0 bridgehead atoms. The summed E-state index contributed by atoms with van der Waals surface area (Å²) < 4.78 is 4.97. The number of carbonyl (C=O) groups is 1. The molecule has 23 heavy (non-hydrogen) atoms. The molecule has 0 saturated carbocycles. The smallest absolute Gasteiger partial charge is 0.308 e. The molecule has 0 saturated heterocycles. The minimum atomic E-state index is -0.539. The monoisotopic (exact) mass is 319 g/mol. The highest BCUT2D eigenvalue weighted by molar-refractivity contribution is 5.93. The number of rotatable bonds is 4. The number of hydrogen-bond donors (Lipinski definition) is 1. The maximum absolute atomic E-state index is 11.1. The number of allylic oxidation sites excluding steroid dienone is 1. The van der Waals surface area contributed by atoms with Crippen LogP contribution in [0.3, 0.4) is 0 Å². The third-order valence-corrected chi connectivity index (χ3v) is 3.59. The lowest BCUT2D eigenvalue weighted by Gasteiger charge is -2.32. The maximum Gasteiger partial charge on any atom is 0.308 e. The molecule has 1 aromatic rings. The van der Waals surface area contributed by atoms with Crippen molar-refractivity contribution in [3.63, 3.8) is 0 Å². The number of nitrogens with zero attached hydrogens (tertiary/aromatic N) is 3. The van der Waals surface area contributed by atoms with Gasteiger partial charge in [0, 0.05) is 32.5 Å². The van der Waals surface area contributed by atoms with E-state index in [-0.39, 0.29) is 17.3 Å². The largest absolute Gasteiger partial charge is 0.491 e. The zero-order valence-electron chi connectivity index (χ0n) is 13.0. The van der Waals surface area contributed by atoms with Gasteiger partial charge in [-0.3, -0.25) is 14.9 Å².